The van der Waals surface area contributed by atoms with Crippen molar-refractivity contribution in [2.45, 2.75) is 18.9 Å². The first kappa shape index (κ1) is 14.5. The van der Waals surface area contributed by atoms with Crippen molar-refractivity contribution in [3.05, 3.63) is 34.4 Å². The summed E-state index contributed by atoms with van der Waals surface area (Å²) in [7, 11) is 2.06. The van der Waals surface area contributed by atoms with Gasteiger partial charge in [-0.15, -0.1) is 0 Å². The van der Waals surface area contributed by atoms with E-state index in [-0.39, 0.29) is 11.2 Å². The third-order valence-electron chi connectivity index (χ3n) is 4.91. The average molecular weight is 316 g/mol. The number of hydrogen-bond donors (Lipinski definition) is 1. The summed E-state index contributed by atoms with van der Waals surface area (Å²) in [4.78, 5) is 16.4. The number of nitrogen functional groups attached to an aromatic ring is 1. The van der Waals surface area contributed by atoms with E-state index in [2.05, 4.69) is 11.9 Å². The second kappa shape index (κ2) is 5.23. The normalized spacial score (nSPS) is 19.5. The molecule has 1 aliphatic carbocycles. The number of benzene rings is 1. The van der Waals surface area contributed by atoms with Gasteiger partial charge in [0.2, 0.25) is 0 Å². The van der Waals surface area contributed by atoms with Crippen LogP contribution in [0.25, 0.3) is 10.9 Å². The van der Waals surface area contributed by atoms with Crippen molar-refractivity contribution < 1.29 is 4.39 Å². The van der Waals surface area contributed by atoms with Crippen molar-refractivity contribution in [3.63, 3.8) is 0 Å². The maximum atomic E-state index is 15.3. The fourth-order valence-electron chi connectivity index (χ4n) is 3.41. The zero-order valence-corrected chi connectivity index (χ0v) is 13.3. The molecule has 0 spiro atoms. The first-order chi connectivity index (χ1) is 11.1. The Balaban J connectivity index is 1.91. The summed E-state index contributed by atoms with van der Waals surface area (Å²) >= 11 is 0. The lowest BCUT2D eigenvalue weighted by atomic mass is 10.1. The standard InChI is InChI=1S/C17H21FN4O/c1-20-6-8-21(9-7-20)17-13(19)10-12-14(23)4-5-22(11-2-3-11)16(12)15(17)18/h4-5,10-11H,2-3,6-9,19H2,1H3. The maximum Gasteiger partial charge on any atom is 0.189 e. The Morgan fingerprint density at radius 1 is 1.22 bits per heavy atom. The highest BCUT2D eigenvalue weighted by Crippen LogP contribution is 2.40. The summed E-state index contributed by atoms with van der Waals surface area (Å²) in [5.74, 6) is -0.353. The van der Waals surface area contributed by atoms with Crippen LogP contribution in [0.2, 0.25) is 0 Å². The molecule has 2 N–H and O–H groups in total. The van der Waals surface area contributed by atoms with E-state index < -0.39 is 0 Å². The smallest absolute Gasteiger partial charge is 0.189 e. The minimum absolute atomic E-state index is 0.174. The molecular formula is C17H21FN4O. The third kappa shape index (κ3) is 2.37. The molecule has 2 heterocycles. The second-order valence-corrected chi connectivity index (χ2v) is 6.63. The van der Waals surface area contributed by atoms with E-state index in [9.17, 15) is 4.79 Å². The molecule has 1 aromatic heterocycles. The van der Waals surface area contributed by atoms with Crippen LogP contribution in [0, 0.1) is 5.82 Å². The summed E-state index contributed by atoms with van der Waals surface area (Å²) in [5, 5.41) is 0.382. The molecule has 2 fully saturated rings. The SMILES string of the molecule is CN1CCN(c2c(N)cc3c(=O)ccn(C4CC4)c3c2F)CC1. The highest BCUT2D eigenvalue weighted by Gasteiger charge is 2.28. The Kier molecular flexibility index (Phi) is 3.30. The zero-order valence-electron chi connectivity index (χ0n) is 13.3. The molecule has 0 atom stereocenters. The molecule has 5 nitrogen and oxygen atoms in total. The minimum atomic E-state index is -0.353. The maximum absolute atomic E-state index is 15.3. The molecule has 2 aromatic rings. The number of rotatable bonds is 2. The summed E-state index contributed by atoms with van der Waals surface area (Å²) in [6, 6.07) is 3.46. The highest BCUT2D eigenvalue weighted by molar-refractivity contribution is 5.90. The quantitative estimate of drug-likeness (QED) is 0.859. The van der Waals surface area contributed by atoms with Gasteiger partial charge in [0.05, 0.1) is 22.3 Å². The van der Waals surface area contributed by atoms with Gasteiger partial charge in [-0.3, -0.25) is 4.79 Å². The zero-order chi connectivity index (χ0) is 16.1. The number of halogens is 1. The second-order valence-electron chi connectivity index (χ2n) is 6.63. The Labute approximate surface area is 134 Å². The first-order valence-electron chi connectivity index (χ1n) is 8.12. The fourth-order valence-corrected chi connectivity index (χ4v) is 3.41. The number of hydrogen-bond acceptors (Lipinski definition) is 4. The van der Waals surface area contributed by atoms with Gasteiger partial charge in [-0.25, -0.2) is 4.39 Å². The monoisotopic (exact) mass is 316 g/mol. The molecule has 0 amide bonds. The van der Waals surface area contributed by atoms with Gasteiger partial charge >= 0.3 is 0 Å². The molecule has 0 unspecified atom stereocenters. The highest BCUT2D eigenvalue weighted by atomic mass is 19.1. The van der Waals surface area contributed by atoms with Crippen LogP contribution in [0.4, 0.5) is 15.8 Å². The first-order valence-corrected chi connectivity index (χ1v) is 8.12. The van der Waals surface area contributed by atoms with E-state index in [4.69, 9.17) is 5.73 Å². The van der Waals surface area contributed by atoms with Crippen LogP contribution in [0.5, 0.6) is 0 Å². The van der Waals surface area contributed by atoms with Crippen molar-refractivity contribution in [1.82, 2.24) is 9.47 Å². The average Bonchev–Trinajstić information content (AvgIpc) is 3.35. The summed E-state index contributed by atoms with van der Waals surface area (Å²) < 4.78 is 17.3. The van der Waals surface area contributed by atoms with Crippen LogP contribution in [0.15, 0.2) is 23.1 Å². The van der Waals surface area contributed by atoms with Gasteiger partial charge in [0.1, 0.15) is 0 Å². The Morgan fingerprint density at radius 3 is 2.57 bits per heavy atom. The van der Waals surface area contributed by atoms with E-state index in [1.165, 1.54) is 6.07 Å². The van der Waals surface area contributed by atoms with Crippen molar-refractivity contribution in [3.8, 4) is 0 Å². The molecule has 6 heteroatoms. The number of nitrogens with two attached hydrogens (primary N) is 1. The molecule has 1 aliphatic heterocycles. The van der Waals surface area contributed by atoms with E-state index in [0.717, 1.165) is 39.0 Å². The van der Waals surface area contributed by atoms with E-state index in [1.54, 1.807) is 12.3 Å². The van der Waals surface area contributed by atoms with Crippen LogP contribution in [-0.2, 0) is 0 Å². The van der Waals surface area contributed by atoms with Crippen LogP contribution < -0.4 is 16.1 Å². The molecular weight excluding hydrogens is 295 g/mol. The topological polar surface area (TPSA) is 54.5 Å². The Hall–Kier alpha value is -2.08. The predicted molar refractivity (Wildman–Crippen MR) is 90.6 cm³/mol. The number of aromatic nitrogens is 1. The molecule has 23 heavy (non-hydrogen) atoms. The van der Waals surface area contributed by atoms with Crippen LogP contribution in [-0.4, -0.2) is 42.7 Å². The molecule has 1 saturated heterocycles. The van der Waals surface area contributed by atoms with Crippen LogP contribution in [0.1, 0.15) is 18.9 Å². The van der Waals surface area contributed by atoms with Gasteiger partial charge < -0.3 is 20.1 Å². The Morgan fingerprint density at radius 2 is 1.91 bits per heavy atom. The molecule has 0 radical (unpaired) electrons. The largest absolute Gasteiger partial charge is 0.397 e. The molecule has 122 valence electrons. The number of nitrogens with zero attached hydrogens (tertiary/aromatic N) is 3. The number of anilines is 2. The van der Waals surface area contributed by atoms with Crippen molar-refractivity contribution in [2.24, 2.45) is 0 Å². The van der Waals surface area contributed by atoms with Gasteiger partial charge in [-0.1, -0.05) is 0 Å². The van der Waals surface area contributed by atoms with Gasteiger partial charge in [-0.2, -0.15) is 0 Å². The van der Waals surface area contributed by atoms with Gasteiger partial charge in [0.15, 0.2) is 11.2 Å². The van der Waals surface area contributed by atoms with E-state index >= 15 is 4.39 Å². The molecule has 1 saturated carbocycles. The van der Waals surface area contributed by atoms with Gasteiger partial charge in [0.25, 0.3) is 0 Å². The number of pyridine rings is 1. The lowest BCUT2D eigenvalue weighted by molar-refractivity contribution is 0.312. The third-order valence-corrected chi connectivity index (χ3v) is 4.91. The van der Waals surface area contributed by atoms with Crippen LogP contribution >= 0.6 is 0 Å². The molecule has 0 bridgehead atoms. The Bertz CT molecular complexity index is 819. The number of likely N-dealkylation sites (N-methyl/N-ethyl adjacent to an activating group) is 1. The predicted octanol–water partition coefficient (Wildman–Crippen LogP) is 1.81. The summed E-state index contributed by atoms with van der Waals surface area (Å²) in [6.07, 6.45) is 3.78. The van der Waals surface area contributed by atoms with Crippen molar-refractivity contribution >= 4 is 22.3 Å². The minimum Gasteiger partial charge on any atom is -0.397 e. The number of piperazine rings is 1. The lowest BCUT2D eigenvalue weighted by Crippen LogP contribution is -2.45. The van der Waals surface area contributed by atoms with Gasteiger partial charge in [0, 0.05) is 44.5 Å². The van der Waals surface area contributed by atoms with E-state index in [1.807, 2.05) is 9.47 Å². The lowest BCUT2D eigenvalue weighted by Gasteiger charge is -2.35. The van der Waals surface area contributed by atoms with Crippen LogP contribution in [0.3, 0.4) is 0 Å². The van der Waals surface area contributed by atoms with E-state index in [0.29, 0.717) is 28.3 Å². The molecule has 2 aliphatic rings. The van der Waals surface area contributed by atoms with Gasteiger partial charge in [-0.05, 0) is 26.0 Å². The number of fused-ring (bicyclic) bond motifs is 1. The summed E-state index contributed by atoms with van der Waals surface area (Å²) in [5.41, 5.74) is 7.15. The molecule has 4 rings (SSSR count). The van der Waals surface area contributed by atoms with Crippen molar-refractivity contribution in [2.75, 3.05) is 43.9 Å². The van der Waals surface area contributed by atoms with Crippen molar-refractivity contribution in [1.29, 1.82) is 0 Å². The fraction of sp³-hybridized carbons (Fsp3) is 0.471. The molecule has 1 aromatic carbocycles. The summed E-state index contributed by atoms with van der Waals surface area (Å²) in [6.45, 7) is 3.23.